The maximum Gasteiger partial charge on any atom is 0.241 e. The molecule has 0 aromatic heterocycles. The number of halogens is 2. The molecule has 1 amide bonds. The van der Waals surface area contributed by atoms with E-state index in [1.165, 1.54) is 5.56 Å². The summed E-state index contributed by atoms with van der Waals surface area (Å²) in [7, 11) is 0. The first-order valence-electron chi connectivity index (χ1n) is 9.15. The lowest BCUT2D eigenvalue weighted by molar-refractivity contribution is -0.117. The van der Waals surface area contributed by atoms with Crippen molar-refractivity contribution in [3.8, 4) is 0 Å². The van der Waals surface area contributed by atoms with Gasteiger partial charge in [0.15, 0.2) is 0 Å². The second kappa shape index (κ2) is 12.0. The van der Waals surface area contributed by atoms with Crippen LogP contribution >= 0.6 is 24.8 Å². The number of hydrogen-bond acceptors (Lipinski definition) is 4. The number of nitrogens with one attached hydrogen (secondary N) is 1. The van der Waals surface area contributed by atoms with Crippen molar-refractivity contribution in [1.29, 1.82) is 0 Å². The van der Waals surface area contributed by atoms with Crippen molar-refractivity contribution >= 4 is 36.4 Å². The Balaban J connectivity index is 0.00000196. The van der Waals surface area contributed by atoms with Crippen LogP contribution in [-0.2, 0) is 16.0 Å². The third-order valence-electron chi connectivity index (χ3n) is 4.89. The van der Waals surface area contributed by atoms with Crippen molar-refractivity contribution < 1.29 is 9.53 Å². The van der Waals surface area contributed by atoms with Crippen LogP contribution in [0.25, 0.3) is 0 Å². The first kappa shape index (κ1) is 24.4. The van der Waals surface area contributed by atoms with Crippen LogP contribution in [0.5, 0.6) is 0 Å². The number of carbonyl (C=O) groups is 1. The molecule has 0 aliphatic carbocycles. The third-order valence-corrected chi connectivity index (χ3v) is 4.89. The highest BCUT2D eigenvalue weighted by Gasteiger charge is 2.19. The molecule has 5 nitrogen and oxygen atoms in total. The maximum atomic E-state index is 12.3. The Hall–Kier alpha value is -1.63. The molecule has 0 radical (unpaired) electrons. The van der Waals surface area contributed by atoms with Gasteiger partial charge in [-0.25, -0.2) is 0 Å². The number of hydrogen-bond donors (Lipinski definition) is 2. The van der Waals surface area contributed by atoms with Gasteiger partial charge in [-0.15, -0.1) is 24.8 Å². The van der Waals surface area contributed by atoms with Crippen LogP contribution in [0.4, 0.5) is 5.69 Å². The molecule has 1 fully saturated rings. The average Bonchev–Trinajstić information content (AvgIpc) is 2.69. The summed E-state index contributed by atoms with van der Waals surface area (Å²) >= 11 is 0. The number of morpholine rings is 1. The highest BCUT2D eigenvalue weighted by atomic mass is 35.5. The number of benzene rings is 2. The zero-order valence-corrected chi connectivity index (χ0v) is 17.7. The fourth-order valence-electron chi connectivity index (χ4n) is 3.22. The summed E-state index contributed by atoms with van der Waals surface area (Å²) in [6.07, 6.45) is 0.527. The van der Waals surface area contributed by atoms with Crippen LogP contribution < -0.4 is 11.1 Å². The second-order valence-electron chi connectivity index (χ2n) is 6.73. The van der Waals surface area contributed by atoms with Crippen LogP contribution in [-0.4, -0.2) is 43.2 Å². The summed E-state index contributed by atoms with van der Waals surface area (Å²) < 4.78 is 5.41. The van der Waals surface area contributed by atoms with Gasteiger partial charge in [-0.05, 0) is 36.6 Å². The smallest absolute Gasteiger partial charge is 0.241 e. The number of nitrogens with zero attached hydrogens (tertiary/aromatic N) is 1. The summed E-state index contributed by atoms with van der Waals surface area (Å²) in [6.45, 7) is 5.69. The molecule has 1 saturated heterocycles. The molecule has 0 saturated carbocycles. The number of carbonyl (C=O) groups excluding carboxylic acids is 1. The molecule has 1 aliphatic rings. The Morgan fingerprint density at radius 3 is 2.29 bits per heavy atom. The fourth-order valence-corrected chi connectivity index (χ4v) is 3.22. The van der Waals surface area contributed by atoms with Crippen LogP contribution in [0.1, 0.15) is 24.1 Å². The van der Waals surface area contributed by atoms with Crippen molar-refractivity contribution in [3.05, 3.63) is 65.7 Å². The molecule has 1 aliphatic heterocycles. The molecule has 2 aromatic carbocycles. The summed E-state index contributed by atoms with van der Waals surface area (Å²) in [5.74, 6) is -0.164. The lowest BCUT2D eigenvalue weighted by Crippen LogP contribution is -2.38. The van der Waals surface area contributed by atoms with E-state index < -0.39 is 6.04 Å². The van der Waals surface area contributed by atoms with E-state index in [0.29, 0.717) is 12.5 Å². The summed E-state index contributed by atoms with van der Waals surface area (Å²) in [6, 6.07) is 17.6. The van der Waals surface area contributed by atoms with Gasteiger partial charge >= 0.3 is 0 Å². The standard InChI is InChI=1S/C21H27N3O2.2ClH/c1-16(24-11-13-26-14-12-24)18-7-9-19(10-8-18)23-21(25)20(22)15-17-5-3-2-4-6-17;;/h2-10,16,20H,11-15,22H2,1H3,(H,23,25);2*1H. The van der Waals surface area contributed by atoms with Gasteiger partial charge in [-0.3, -0.25) is 9.69 Å². The van der Waals surface area contributed by atoms with Crippen molar-refractivity contribution in [2.75, 3.05) is 31.6 Å². The van der Waals surface area contributed by atoms with E-state index in [2.05, 4.69) is 29.3 Å². The van der Waals surface area contributed by atoms with Crippen LogP contribution in [0, 0.1) is 0 Å². The van der Waals surface area contributed by atoms with Gasteiger partial charge in [-0.2, -0.15) is 0 Å². The van der Waals surface area contributed by atoms with E-state index in [0.717, 1.165) is 37.6 Å². The highest BCUT2D eigenvalue weighted by molar-refractivity contribution is 5.94. The molecule has 28 heavy (non-hydrogen) atoms. The minimum atomic E-state index is -0.565. The molecule has 2 atom stereocenters. The minimum Gasteiger partial charge on any atom is -0.379 e. The lowest BCUT2D eigenvalue weighted by atomic mass is 10.0. The number of nitrogens with two attached hydrogens (primary N) is 1. The predicted molar refractivity (Wildman–Crippen MR) is 118 cm³/mol. The molecule has 3 rings (SSSR count). The molecular formula is C21H29Cl2N3O2. The Kier molecular flexibility index (Phi) is 10.5. The zero-order valence-electron chi connectivity index (χ0n) is 16.0. The Bertz CT molecular complexity index is 707. The van der Waals surface area contributed by atoms with Crippen LogP contribution in [0.15, 0.2) is 54.6 Å². The van der Waals surface area contributed by atoms with E-state index in [1.807, 2.05) is 42.5 Å². The molecule has 7 heteroatoms. The minimum absolute atomic E-state index is 0. The lowest BCUT2D eigenvalue weighted by Gasteiger charge is -2.32. The van der Waals surface area contributed by atoms with E-state index >= 15 is 0 Å². The van der Waals surface area contributed by atoms with Crippen molar-refractivity contribution in [3.63, 3.8) is 0 Å². The van der Waals surface area contributed by atoms with Crippen molar-refractivity contribution in [2.45, 2.75) is 25.4 Å². The highest BCUT2D eigenvalue weighted by Crippen LogP contribution is 2.22. The Morgan fingerprint density at radius 1 is 1.07 bits per heavy atom. The first-order valence-corrected chi connectivity index (χ1v) is 9.15. The van der Waals surface area contributed by atoms with Crippen LogP contribution in [0.3, 0.4) is 0 Å². The SMILES string of the molecule is CC(c1ccc(NC(=O)C(N)Cc2ccccc2)cc1)N1CCOCC1.Cl.Cl. The monoisotopic (exact) mass is 425 g/mol. The van der Waals surface area contributed by atoms with Gasteiger partial charge in [0.1, 0.15) is 0 Å². The van der Waals surface area contributed by atoms with E-state index in [1.54, 1.807) is 0 Å². The quantitative estimate of drug-likeness (QED) is 0.743. The normalized spacial score (nSPS) is 16.2. The third kappa shape index (κ3) is 6.76. The van der Waals surface area contributed by atoms with E-state index in [-0.39, 0.29) is 30.7 Å². The largest absolute Gasteiger partial charge is 0.379 e. The van der Waals surface area contributed by atoms with Gasteiger partial charge < -0.3 is 15.8 Å². The van der Waals surface area contributed by atoms with Crippen molar-refractivity contribution in [2.24, 2.45) is 5.73 Å². The van der Waals surface area contributed by atoms with Crippen molar-refractivity contribution in [1.82, 2.24) is 4.90 Å². The van der Waals surface area contributed by atoms with E-state index in [4.69, 9.17) is 10.5 Å². The number of amides is 1. The Morgan fingerprint density at radius 2 is 1.68 bits per heavy atom. The molecule has 0 bridgehead atoms. The molecule has 2 unspecified atom stereocenters. The molecule has 0 spiro atoms. The summed E-state index contributed by atoms with van der Waals surface area (Å²) in [5.41, 5.74) is 9.11. The fraction of sp³-hybridized carbons (Fsp3) is 0.381. The zero-order chi connectivity index (χ0) is 18.4. The summed E-state index contributed by atoms with van der Waals surface area (Å²) in [5, 5.41) is 2.91. The molecule has 1 heterocycles. The van der Waals surface area contributed by atoms with Gasteiger partial charge in [0.25, 0.3) is 0 Å². The molecule has 3 N–H and O–H groups in total. The predicted octanol–water partition coefficient (Wildman–Crippen LogP) is 3.43. The Labute approximate surface area is 179 Å². The number of ether oxygens (including phenoxy) is 1. The van der Waals surface area contributed by atoms with Gasteiger partial charge in [0.05, 0.1) is 19.3 Å². The molecular weight excluding hydrogens is 397 g/mol. The average molecular weight is 426 g/mol. The van der Waals surface area contributed by atoms with Crippen LogP contribution in [0.2, 0.25) is 0 Å². The van der Waals surface area contributed by atoms with Gasteiger partial charge in [0, 0.05) is 24.8 Å². The topological polar surface area (TPSA) is 67.6 Å². The number of rotatable bonds is 6. The first-order chi connectivity index (χ1) is 12.6. The molecule has 154 valence electrons. The van der Waals surface area contributed by atoms with E-state index in [9.17, 15) is 4.79 Å². The van der Waals surface area contributed by atoms with Gasteiger partial charge in [0.2, 0.25) is 5.91 Å². The maximum absolute atomic E-state index is 12.3. The molecule has 2 aromatic rings. The summed E-state index contributed by atoms with van der Waals surface area (Å²) in [4.78, 5) is 14.7. The second-order valence-corrected chi connectivity index (χ2v) is 6.73. The van der Waals surface area contributed by atoms with Gasteiger partial charge in [-0.1, -0.05) is 42.5 Å². The number of anilines is 1.